The summed E-state index contributed by atoms with van der Waals surface area (Å²) in [7, 11) is 0. The van der Waals surface area contributed by atoms with Gasteiger partial charge in [0.2, 0.25) is 0 Å². The van der Waals surface area contributed by atoms with Gasteiger partial charge in [-0.25, -0.2) is 5.43 Å². The fourth-order valence-corrected chi connectivity index (χ4v) is 4.05. The maximum atomic E-state index is 12.7. The van der Waals surface area contributed by atoms with Crippen LogP contribution in [-0.4, -0.2) is 44.5 Å². The molecule has 210 valence electrons. The topological polar surface area (TPSA) is 107 Å². The third kappa shape index (κ3) is 9.03. The molecule has 0 atom stereocenters. The molecule has 0 heterocycles. The van der Waals surface area contributed by atoms with E-state index in [9.17, 15) is 9.59 Å². The number of hydrazone groups is 1. The SMILES string of the molecule is C=CCOc1ccc(C(=O)N/N=C/c2cc(Br)c(OCC(=O)Nc3ccc(Cl)cc3)c(OCC)c2)cc1OCC. The van der Waals surface area contributed by atoms with Crippen molar-refractivity contribution in [1.82, 2.24) is 5.43 Å². The molecule has 40 heavy (non-hydrogen) atoms. The maximum absolute atomic E-state index is 12.7. The summed E-state index contributed by atoms with van der Waals surface area (Å²) in [6, 6.07) is 15.0. The Labute approximate surface area is 246 Å². The summed E-state index contributed by atoms with van der Waals surface area (Å²) >= 11 is 9.35. The van der Waals surface area contributed by atoms with Crippen LogP contribution in [0.2, 0.25) is 5.02 Å². The number of benzene rings is 3. The Bertz CT molecular complexity index is 1360. The van der Waals surface area contributed by atoms with E-state index in [1.54, 1.807) is 60.7 Å². The number of anilines is 1. The van der Waals surface area contributed by atoms with Gasteiger partial charge in [-0.1, -0.05) is 24.3 Å². The third-order valence-electron chi connectivity index (χ3n) is 5.05. The van der Waals surface area contributed by atoms with Crippen molar-refractivity contribution in [2.45, 2.75) is 13.8 Å². The van der Waals surface area contributed by atoms with Gasteiger partial charge in [-0.05, 0) is 89.9 Å². The lowest BCUT2D eigenvalue weighted by Crippen LogP contribution is -2.20. The molecule has 0 saturated carbocycles. The van der Waals surface area contributed by atoms with Gasteiger partial charge < -0.3 is 24.3 Å². The summed E-state index contributed by atoms with van der Waals surface area (Å²) in [5.41, 5.74) is 4.07. The average Bonchev–Trinajstić information content (AvgIpc) is 2.93. The summed E-state index contributed by atoms with van der Waals surface area (Å²) < 4.78 is 23.2. The van der Waals surface area contributed by atoms with Crippen LogP contribution in [0.1, 0.15) is 29.8 Å². The van der Waals surface area contributed by atoms with Crippen molar-refractivity contribution >= 4 is 51.2 Å². The van der Waals surface area contributed by atoms with Crippen LogP contribution in [0.5, 0.6) is 23.0 Å². The second-order valence-corrected chi connectivity index (χ2v) is 9.29. The standard InChI is InChI=1S/C29H29BrClN3O6/c1-4-13-39-24-12-7-20(16-25(24)37-5-2)29(36)34-32-17-19-14-23(30)28(26(15-19)38-6-3)40-18-27(35)33-22-10-8-21(31)9-11-22/h4,7-12,14-17H,1,5-6,13,18H2,2-3H3,(H,33,35)(H,34,36)/b32-17+. The van der Waals surface area contributed by atoms with Crippen LogP contribution >= 0.6 is 27.5 Å². The molecule has 0 aliphatic heterocycles. The molecule has 0 aromatic heterocycles. The van der Waals surface area contributed by atoms with Crippen LogP contribution in [-0.2, 0) is 4.79 Å². The zero-order chi connectivity index (χ0) is 28.9. The fourth-order valence-electron chi connectivity index (χ4n) is 3.35. The first kappa shape index (κ1) is 30.5. The number of halogens is 2. The quantitative estimate of drug-likeness (QED) is 0.124. The largest absolute Gasteiger partial charge is 0.490 e. The fraction of sp³-hybridized carbons (Fsp3) is 0.207. The van der Waals surface area contributed by atoms with Gasteiger partial charge in [0, 0.05) is 16.3 Å². The number of amides is 2. The molecule has 0 radical (unpaired) electrons. The maximum Gasteiger partial charge on any atom is 0.271 e. The second kappa shape index (κ2) is 15.5. The highest BCUT2D eigenvalue weighted by molar-refractivity contribution is 9.10. The lowest BCUT2D eigenvalue weighted by Gasteiger charge is -2.14. The number of carbonyl (C=O) groups is 2. The molecule has 3 aromatic carbocycles. The van der Waals surface area contributed by atoms with Gasteiger partial charge in [0.05, 0.1) is 23.9 Å². The first-order chi connectivity index (χ1) is 19.3. The minimum Gasteiger partial charge on any atom is -0.490 e. The molecule has 0 unspecified atom stereocenters. The van der Waals surface area contributed by atoms with E-state index in [1.807, 2.05) is 13.8 Å². The summed E-state index contributed by atoms with van der Waals surface area (Å²) in [6.45, 7) is 8.16. The number of carbonyl (C=O) groups excluding carboxylic acids is 2. The minimum atomic E-state index is -0.428. The molecule has 9 nitrogen and oxygen atoms in total. The van der Waals surface area contributed by atoms with Crippen molar-refractivity contribution in [3.63, 3.8) is 0 Å². The average molecular weight is 631 g/mol. The lowest BCUT2D eigenvalue weighted by molar-refractivity contribution is -0.118. The van der Waals surface area contributed by atoms with Crippen LogP contribution in [0.25, 0.3) is 0 Å². The predicted octanol–water partition coefficient (Wildman–Crippen LogP) is 6.25. The van der Waals surface area contributed by atoms with Crippen molar-refractivity contribution < 1.29 is 28.5 Å². The molecule has 0 aliphatic carbocycles. The molecule has 0 fully saturated rings. The summed E-state index contributed by atoms with van der Waals surface area (Å²) in [5, 5.41) is 7.37. The van der Waals surface area contributed by atoms with Crippen LogP contribution < -0.4 is 29.7 Å². The Hall–Kier alpha value is -4.02. The van der Waals surface area contributed by atoms with Gasteiger partial charge >= 0.3 is 0 Å². The van der Waals surface area contributed by atoms with Gasteiger partial charge in [0.25, 0.3) is 11.8 Å². The minimum absolute atomic E-state index is 0.244. The molecular weight excluding hydrogens is 602 g/mol. The predicted molar refractivity (Wildman–Crippen MR) is 159 cm³/mol. The van der Waals surface area contributed by atoms with E-state index >= 15 is 0 Å². The first-order valence-corrected chi connectivity index (χ1v) is 13.5. The molecule has 0 saturated heterocycles. The van der Waals surface area contributed by atoms with E-state index in [0.717, 1.165) is 0 Å². The molecule has 3 rings (SSSR count). The number of ether oxygens (including phenoxy) is 4. The van der Waals surface area contributed by atoms with E-state index in [0.29, 0.717) is 69.1 Å². The Morgan fingerprint density at radius 1 is 0.950 bits per heavy atom. The highest BCUT2D eigenvalue weighted by atomic mass is 79.9. The second-order valence-electron chi connectivity index (χ2n) is 8.00. The van der Waals surface area contributed by atoms with Crippen molar-refractivity contribution in [3.8, 4) is 23.0 Å². The molecular formula is C29H29BrClN3O6. The number of rotatable bonds is 14. The lowest BCUT2D eigenvalue weighted by atomic mass is 10.2. The molecule has 2 N–H and O–H groups in total. The molecule has 0 spiro atoms. The molecule has 2 amide bonds. The zero-order valence-corrected chi connectivity index (χ0v) is 24.4. The Morgan fingerprint density at radius 3 is 2.38 bits per heavy atom. The summed E-state index contributed by atoms with van der Waals surface area (Å²) in [5.74, 6) is 0.946. The van der Waals surface area contributed by atoms with Crippen molar-refractivity contribution in [2.24, 2.45) is 5.10 Å². The van der Waals surface area contributed by atoms with Crippen LogP contribution in [0.4, 0.5) is 5.69 Å². The van der Waals surface area contributed by atoms with Crippen molar-refractivity contribution in [1.29, 1.82) is 0 Å². The molecule has 3 aromatic rings. The van der Waals surface area contributed by atoms with E-state index in [-0.39, 0.29) is 12.5 Å². The van der Waals surface area contributed by atoms with Crippen molar-refractivity contribution in [2.75, 3.05) is 31.7 Å². The van der Waals surface area contributed by atoms with Gasteiger partial charge in [0.15, 0.2) is 29.6 Å². The number of nitrogens with zero attached hydrogens (tertiary/aromatic N) is 1. The third-order valence-corrected chi connectivity index (χ3v) is 5.89. The summed E-state index contributed by atoms with van der Waals surface area (Å²) in [4.78, 5) is 25.0. The molecule has 0 aliphatic rings. The Balaban J connectivity index is 1.66. The normalized spacial score (nSPS) is 10.6. The zero-order valence-electron chi connectivity index (χ0n) is 22.0. The van der Waals surface area contributed by atoms with E-state index in [1.165, 1.54) is 6.21 Å². The van der Waals surface area contributed by atoms with Gasteiger partial charge in [-0.15, -0.1) is 0 Å². The number of hydrogen-bond donors (Lipinski definition) is 2. The number of hydrogen-bond acceptors (Lipinski definition) is 7. The van der Waals surface area contributed by atoms with Crippen LogP contribution in [0.15, 0.2) is 76.8 Å². The van der Waals surface area contributed by atoms with Gasteiger partial charge in [0.1, 0.15) is 6.61 Å². The van der Waals surface area contributed by atoms with Crippen molar-refractivity contribution in [3.05, 3.63) is 87.9 Å². The van der Waals surface area contributed by atoms with E-state index < -0.39 is 5.91 Å². The Morgan fingerprint density at radius 2 is 1.68 bits per heavy atom. The smallest absolute Gasteiger partial charge is 0.271 e. The highest BCUT2D eigenvalue weighted by Gasteiger charge is 2.15. The van der Waals surface area contributed by atoms with E-state index in [2.05, 4.69) is 38.4 Å². The van der Waals surface area contributed by atoms with Gasteiger partial charge in [-0.3, -0.25) is 9.59 Å². The monoisotopic (exact) mass is 629 g/mol. The van der Waals surface area contributed by atoms with Crippen LogP contribution in [0, 0.1) is 0 Å². The molecule has 0 bridgehead atoms. The molecule has 11 heteroatoms. The van der Waals surface area contributed by atoms with Gasteiger partial charge in [-0.2, -0.15) is 5.10 Å². The van der Waals surface area contributed by atoms with Crippen LogP contribution in [0.3, 0.4) is 0 Å². The first-order valence-electron chi connectivity index (χ1n) is 12.3. The highest BCUT2D eigenvalue weighted by Crippen LogP contribution is 2.36. The van der Waals surface area contributed by atoms with E-state index in [4.69, 9.17) is 30.5 Å². The number of nitrogens with one attached hydrogen (secondary N) is 2. The summed E-state index contributed by atoms with van der Waals surface area (Å²) in [6.07, 6.45) is 3.09. The Kier molecular flexibility index (Phi) is 11.9.